The van der Waals surface area contributed by atoms with Crippen LogP contribution < -0.4 is 5.32 Å². The van der Waals surface area contributed by atoms with Crippen LogP contribution in [-0.4, -0.2) is 14.8 Å². The normalized spacial score (nSPS) is 11.4. The van der Waals surface area contributed by atoms with E-state index < -0.39 is 0 Å². The van der Waals surface area contributed by atoms with E-state index in [-0.39, 0.29) is 0 Å². The van der Waals surface area contributed by atoms with Crippen molar-refractivity contribution in [2.24, 2.45) is 0 Å². The maximum absolute atomic E-state index is 5.99. The summed E-state index contributed by atoms with van der Waals surface area (Å²) >= 11 is 5.99. The van der Waals surface area contributed by atoms with Gasteiger partial charge in [0.15, 0.2) is 0 Å². The number of hydrogen-bond acceptors (Lipinski definition) is 2. The van der Waals surface area contributed by atoms with Gasteiger partial charge in [0.1, 0.15) is 0 Å². The molecular formula is C15H17ClN4. The van der Waals surface area contributed by atoms with E-state index in [0.29, 0.717) is 6.04 Å². The minimum absolute atomic E-state index is 0.376. The van der Waals surface area contributed by atoms with E-state index in [2.05, 4.69) is 29.2 Å². The second-order valence-electron chi connectivity index (χ2n) is 5.16. The SMILES string of the molecule is CC(C)n1cc(NCc2c[nH]c3cc(Cl)ccc23)cn1. The van der Waals surface area contributed by atoms with Gasteiger partial charge < -0.3 is 10.3 Å². The van der Waals surface area contributed by atoms with Gasteiger partial charge in [-0.05, 0) is 31.5 Å². The Morgan fingerprint density at radius 3 is 3.00 bits per heavy atom. The van der Waals surface area contributed by atoms with Gasteiger partial charge in [0.05, 0.1) is 11.9 Å². The fraction of sp³-hybridized carbons (Fsp3) is 0.267. The lowest BCUT2D eigenvalue weighted by Crippen LogP contribution is -2.00. The Hall–Kier alpha value is -1.94. The summed E-state index contributed by atoms with van der Waals surface area (Å²) in [7, 11) is 0. The van der Waals surface area contributed by atoms with Crippen molar-refractivity contribution in [3.63, 3.8) is 0 Å². The molecule has 0 spiro atoms. The Bertz CT molecular complexity index is 726. The Kier molecular flexibility index (Phi) is 3.40. The number of nitrogens with zero attached hydrogens (tertiary/aromatic N) is 2. The molecule has 20 heavy (non-hydrogen) atoms. The van der Waals surface area contributed by atoms with E-state index in [0.717, 1.165) is 22.8 Å². The summed E-state index contributed by atoms with van der Waals surface area (Å²) in [4.78, 5) is 3.24. The van der Waals surface area contributed by atoms with Crippen LogP contribution in [0.3, 0.4) is 0 Å². The van der Waals surface area contributed by atoms with Gasteiger partial charge >= 0.3 is 0 Å². The van der Waals surface area contributed by atoms with Crippen molar-refractivity contribution in [1.82, 2.24) is 14.8 Å². The summed E-state index contributed by atoms with van der Waals surface area (Å²) in [5.74, 6) is 0. The lowest BCUT2D eigenvalue weighted by atomic mass is 10.2. The third kappa shape index (κ3) is 2.51. The minimum atomic E-state index is 0.376. The Balaban J connectivity index is 1.76. The smallest absolute Gasteiger partial charge is 0.0729 e. The zero-order valence-corrected chi connectivity index (χ0v) is 12.3. The molecule has 5 heteroatoms. The van der Waals surface area contributed by atoms with Gasteiger partial charge in [-0.15, -0.1) is 0 Å². The number of aromatic amines is 1. The number of aromatic nitrogens is 3. The lowest BCUT2D eigenvalue weighted by molar-refractivity contribution is 0.532. The highest BCUT2D eigenvalue weighted by Gasteiger charge is 2.05. The first-order valence-corrected chi connectivity index (χ1v) is 7.05. The molecule has 2 heterocycles. The molecule has 4 nitrogen and oxygen atoms in total. The number of nitrogens with one attached hydrogen (secondary N) is 2. The van der Waals surface area contributed by atoms with Gasteiger partial charge in [0.2, 0.25) is 0 Å². The van der Waals surface area contributed by atoms with Crippen molar-refractivity contribution in [3.8, 4) is 0 Å². The molecule has 2 N–H and O–H groups in total. The number of halogens is 1. The molecule has 0 unspecified atom stereocenters. The highest BCUT2D eigenvalue weighted by atomic mass is 35.5. The molecule has 0 radical (unpaired) electrons. The van der Waals surface area contributed by atoms with Gasteiger partial charge in [-0.3, -0.25) is 4.68 Å². The van der Waals surface area contributed by atoms with E-state index in [9.17, 15) is 0 Å². The molecule has 3 aromatic rings. The molecular weight excluding hydrogens is 272 g/mol. The molecule has 0 fully saturated rings. The predicted molar refractivity (Wildman–Crippen MR) is 83.2 cm³/mol. The Labute approximate surface area is 122 Å². The molecule has 0 atom stereocenters. The molecule has 0 aliphatic rings. The van der Waals surface area contributed by atoms with Crippen LogP contribution in [0.15, 0.2) is 36.8 Å². The van der Waals surface area contributed by atoms with Crippen LogP contribution in [-0.2, 0) is 6.54 Å². The molecule has 1 aromatic carbocycles. The third-order valence-corrected chi connectivity index (χ3v) is 3.58. The maximum Gasteiger partial charge on any atom is 0.0729 e. The number of H-pyrrole nitrogens is 1. The minimum Gasteiger partial charge on any atom is -0.378 e. The first kappa shape index (κ1) is 13.1. The summed E-state index contributed by atoms with van der Waals surface area (Å²) in [6, 6.07) is 6.28. The molecule has 2 aromatic heterocycles. The zero-order chi connectivity index (χ0) is 14.1. The summed E-state index contributed by atoms with van der Waals surface area (Å²) < 4.78 is 1.94. The van der Waals surface area contributed by atoms with E-state index in [1.165, 1.54) is 10.9 Å². The van der Waals surface area contributed by atoms with E-state index in [1.807, 2.05) is 41.5 Å². The molecule has 0 saturated carbocycles. The maximum atomic E-state index is 5.99. The van der Waals surface area contributed by atoms with Crippen LogP contribution >= 0.6 is 11.6 Å². The van der Waals surface area contributed by atoms with Crippen LogP contribution in [0.25, 0.3) is 10.9 Å². The molecule has 0 bridgehead atoms. The summed E-state index contributed by atoms with van der Waals surface area (Å²) in [5, 5.41) is 9.65. The number of anilines is 1. The van der Waals surface area contributed by atoms with Gasteiger partial charge in [-0.25, -0.2) is 0 Å². The molecule has 0 saturated heterocycles. The topological polar surface area (TPSA) is 45.6 Å². The second-order valence-corrected chi connectivity index (χ2v) is 5.60. The summed E-state index contributed by atoms with van der Waals surface area (Å²) in [6.07, 6.45) is 5.89. The Morgan fingerprint density at radius 1 is 1.40 bits per heavy atom. The van der Waals surface area contributed by atoms with Crippen molar-refractivity contribution in [2.75, 3.05) is 5.32 Å². The monoisotopic (exact) mass is 288 g/mol. The number of benzene rings is 1. The predicted octanol–water partition coefficient (Wildman–Crippen LogP) is 4.21. The molecule has 0 amide bonds. The van der Waals surface area contributed by atoms with Crippen LogP contribution in [0.1, 0.15) is 25.5 Å². The first-order valence-electron chi connectivity index (χ1n) is 6.67. The van der Waals surface area contributed by atoms with Crippen molar-refractivity contribution in [2.45, 2.75) is 26.4 Å². The van der Waals surface area contributed by atoms with Crippen molar-refractivity contribution in [1.29, 1.82) is 0 Å². The van der Waals surface area contributed by atoms with E-state index in [4.69, 9.17) is 11.6 Å². The summed E-state index contributed by atoms with van der Waals surface area (Å²) in [6.45, 7) is 4.98. The van der Waals surface area contributed by atoms with Crippen LogP contribution in [0.5, 0.6) is 0 Å². The average molecular weight is 289 g/mol. The van der Waals surface area contributed by atoms with Gasteiger partial charge in [-0.2, -0.15) is 5.10 Å². The Morgan fingerprint density at radius 2 is 2.25 bits per heavy atom. The molecule has 3 rings (SSSR count). The van der Waals surface area contributed by atoms with Crippen molar-refractivity contribution < 1.29 is 0 Å². The van der Waals surface area contributed by atoms with Gasteiger partial charge in [-0.1, -0.05) is 17.7 Å². The van der Waals surface area contributed by atoms with E-state index >= 15 is 0 Å². The molecule has 0 aliphatic heterocycles. The fourth-order valence-electron chi connectivity index (χ4n) is 2.21. The van der Waals surface area contributed by atoms with Gasteiger partial charge in [0.25, 0.3) is 0 Å². The van der Waals surface area contributed by atoms with Crippen LogP contribution in [0.4, 0.5) is 5.69 Å². The van der Waals surface area contributed by atoms with Gasteiger partial charge in [0, 0.05) is 40.9 Å². The number of hydrogen-bond donors (Lipinski definition) is 2. The second kappa shape index (κ2) is 5.21. The quantitative estimate of drug-likeness (QED) is 0.755. The van der Waals surface area contributed by atoms with E-state index in [1.54, 1.807) is 0 Å². The average Bonchev–Trinajstić information content (AvgIpc) is 3.02. The lowest BCUT2D eigenvalue weighted by Gasteiger charge is -2.04. The molecule has 0 aliphatic carbocycles. The van der Waals surface area contributed by atoms with Crippen LogP contribution in [0, 0.1) is 0 Å². The highest BCUT2D eigenvalue weighted by molar-refractivity contribution is 6.31. The fourth-order valence-corrected chi connectivity index (χ4v) is 2.39. The third-order valence-electron chi connectivity index (χ3n) is 3.34. The highest BCUT2D eigenvalue weighted by Crippen LogP contribution is 2.23. The van der Waals surface area contributed by atoms with Crippen molar-refractivity contribution in [3.05, 3.63) is 47.4 Å². The van der Waals surface area contributed by atoms with Crippen molar-refractivity contribution >= 4 is 28.2 Å². The largest absolute Gasteiger partial charge is 0.378 e. The molecule has 104 valence electrons. The standard InChI is InChI=1S/C15H17ClN4/c1-10(2)20-9-13(8-19-20)17-6-11-7-18-15-5-12(16)3-4-14(11)15/h3-5,7-10,17-18H,6H2,1-2H3. The summed E-state index contributed by atoms with van der Waals surface area (Å²) in [5.41, 5.74) is 3.31. The first-order chi connectivity index (χ1) is 9.63. The van der Waals surface area contributed by atoms with Crippen LogP contribution in [0.2, 0.25) is 5.02 Å². The number of rotatable bonds is 4. The number of fused-ring (bicyclic) bond motifs is 1. The zero-order valence-electron chi connectivity index (χ0n) is 11.5.